The van der Waals surface area contributed by atoms with Gasteiger partial charge in [0.05, 0.1) is 20.1 Å². The molecular weight excluding hydrogens is 448 g/mol. The number of para-hydroxylation sites is 1. The van der Waals surface area contributed by atoms with Crippen molar-refractivity contribution in [1.82, 2.24) is 4.90 Å². The zero-order chi connectivity index (χ0) is 24.1. The number of hydrogen-bond donors (Lipinski definition) is 0. The lowest BCUT2D eigenvalue weighted by molar-refractivity contribution is -0.940. The number of amides is 1. The molecule has 6 heteroatoms. The molecule has 2 aromatic rings. The van der Waals surface area contributed by atoms with Gasteiger partial charge in [-0.3, -0.25) is 9.38 Å². The van der Waals surface area contributed by atoms with Gasteiger partial charge in [-0.25, -0.2) is 4.79 Å². The Hall–Kier alpha value is -2.50. The van der Waals surface area contributed by atoms with Crippen LogP contribution < -0.4 is 4.74 Å². The number of allylic oxidation sites excluding steroid dienone is 1. The summed E-state index contributed by atoms with van der Waals surface area (Å²) in [6.07, 6.45) is 6.30. The predicted molar refractivity (Wildman–Crippen MR) is 134 cm³/mol. The highest BCUT2D eigenvalue weighted by Gasteiger charge is 2.52. The van der Waals surface area contributed by atoms with Crippen molar-refractivity contribution in [2.75, 3.05) is 20.1 Å². The normalized spacial score (nSPS) is 27.1. The number of nitrogens with zero attached hydrogens (tertiary/aromatic N) is 2. The molecule has 1 amide bonds. The number of fused-ring (bicyclic) bond motifs is 5. The largest absolute Gasteiger partial charge is 0.457 e. The number of carbonyl (C=O) groups is 1. The zero-order valence-corrected chi connectivity index (χ0v) is 21.2. The monoisotopic (exact) mass is 481 g/mol. The fourth-order valence-electron chi connectivity index (χ4n) is 5.48. The lowest BCUT2D eigenvalue weighted by Crippen LogP contribution is -2.52. The molecule has 4 atom stereocenters. The molecule has 5 nitrogen and oxygen atoms in total. The summed E-state index contributed by atoms with van der Waals surface area (Å²) in [5.74, 6) is 2.23. The second kappa shape index (κ2) is 8.62. The van der Waals surface area contributed by atoms with Crippen LogP contribution in [0.5, 0.6) is 11.5 Å². The molecule has 0 aromatic heterocycles. The van der Waals surface area contributed by atoms with Crippen molar-refractivity contribution in [2.24, 2.45) is 0 Å². The average molecular weight is 482 g/mol. The number of quaternary nitrogens is 1. The average Bonchev–Trinajstić information content (AvgIpc) is 3.47. The van der Waals surface area contributed by atoms with Gasteiger partial charge < -0.3 is 9.47 Å². The van der Waals surface area contributed by atoms with Crippen LogP contribution in [0.25, 0.3) is 0 Å². The number of likely N-dealkylation sites (tertiary alicyclic amines) is 1. The molecule has 180 valence electrons. The molecule has 1 saturated carbocycles. The first-order valence-corrected chi connectivity index (χ1v) is 12.7. The molecule has 4 unspecified atom stereocenters. The van der Waals surface area contributed by atoms with Crippen molar-refractivity contribution in [1.29, 1.82) is 0 Å². The summed E-state index contributed by atoms with van der Waals surface area (Å²) in [7, 11) is 2.20. The van der Waals surface area contributed by atoms with E-state index in [9.17, 15) is 4.79 Å². The third-order valence-corrected chi connectivity index (χ3v) is 8.25. The first-order chi connectivity index (χ1) is 16.2. The van der Waals surface area contributed by atoms with Gasteiger partial charge in [-0.1, -0.05) is 42.8 Å². The molecular formula is C28H34ClN2O3+. The van der Waals surface area contributed by atoms with Crippen LogP contribution in [0, 0.1) is 0 Å². The van der Waals surface area contributed by atoms with Gasteiger partial charge in [-0.2, -0.15) is 0 Å². The van der Waals surface area contributed by atoms with Gasteiger partial charge in [0.25, 0.3) is 0 Å². The molecule has 0 radical (unpaired) electrons. The maximum absolute atomic E-state index is 13.3. The molecule has 34 heavy (non-hydrogen) atoms. The number of rotatable bonds is 5. The summed E-state index contributed by atoms with van der Waals surface area (Å²) in [5.41, 5.74) is 2.22. The number of likely N-dealkylation sites (N-methyl/N-ethyl adjacent to an activating group) is 1. The van der Waals surface area contributed by atoms with Crippen molar-refractivity contribution >= 4 is 17.7 Å². The van der Waals surface area contributed by atoms with Crippen LogP contribution in [-0.4, -0.2) is 47.4 Å². The summed E-state index contributed by atoms with van der Waals surface area (Å²) in [4.78, 5) is 15.1. The number of halogens is 1. The van der Waals surface area contributed by atoms with E-state index < -0.39 is 0 Å². The molecule has 2 aromatic carbocycles. The highest BCUT2D eigenvalue weighted by atomic mass is 35.5. The van der Waals surface area contributed by atoms with Gasteiger partial charge in [0.15, 0.2) is 0 Å². The minimum absolute atomic E-state index is 0.121. The van der Waals surface area contributed by atoms with Crippen LogP contribution in [-0.2, 0) is 4.74 Å². The fourth-order valence-corrected chi connectivity index (χ4v) is 5.66. The molecule has 1 saturated heterocycles. The van der Waals surface area contributed by atoms with E-state index in [1.807, 2.05) is 49.5 Å². The molecule has 3 aliphatic rings. The molecule has 1 aliphatic carbocycles. The molecule has 2 aliphatic heterocycles. The standard InChI is InChI=1S/C28H34ClN2O3/c1-5-6-15-30(28(3)13-14-28)27(32)33-19(2)31(4)17-23-21-9-7-8-10-25(21)34-26-12-11-20(29)16-22(26)24(23)18-31/h6-12,15-16,19,23-24H,5,13-14,17-18H2,1-4H3/q+1. The topological polar surface area (TPSA) is 38.8 Å². The maximum Gasteiger partial charge on any atom is 0.418 e. The summed E-state index contributed by atoms with van der Waals surface area (Å²) in [5, 5.41) is 0.712. The van der Waals surface area contributed by atoms with Crippen molar-refractivity contribution in [2.45, 2.75) is 63.6 Å². The van der Waals surface area contributed by atoms with Gasteiger partial charge >= 0.3 is 6.09 Å². The van der Waals surface area contributed by atoms with Crippen molar-refractivity contribution in [3.8, 4) is 11.5 Å². The fraction of sp³-hybridized carbons (Fsp3) is 0.464. The van der Waals surface area contributed by atoms with Crippen LogP contribution in [0.15, 0.2) is 54.7 Å². The summed E-state index contributed by atoms with van der Waals surface area (Å²) in [6.45, 7) is 7.92. The maximum atomic E-state index is 13.3. The van der Waals surface area contributed by atoms with Gasteiger partial charge in [0, 0.05) is 46.6 Å². The second-order valence-electron chi connectivity index (χ2n) is 10.5. The third-order valence-electron chi connectivity index (χ3n) is 8.01. The molecule has 0 spiro atoms. The molecule has 0 bridgehead atoms. The Kier molecular flexibility index (Phi) is 5.89. The smallest absolute Gasteiger partial charge is 0.418 e. The number of carbonyl (C=O) groups excluding carboxylic acids is 1. The van der Waals surface area contributed by atoms with E-state index in [1.54, 1.807) is 4.90 Å². The second-order valence-corrected chi connectivity index (χ2v) is 11.0. The Morgan fingerprint density at radius 2 is 1.88 bits per heavy atom. The van der Waals surface area contributed by atoms with Crippen molar-refractivity contribution in [3.63, 3.8) is 0 Å². The van der Waals surface area contributed by atoms with Crippen LogP contribution in [0.1, 0.15) is 63.0 Å². The minimum Gasteiger partial charge on any atom is -0.457 e. The van der Waals surface area contributed by atoms with E-state index >= 15 is 0 Å². The Labute approximate surface area is 207 Å². The van der Waals surface area contributed by atoms with E-state index in [-0.39, 0.29) is 29.7 Å². The first kappa shape index (κ1) is 23.3. The summed E-state index contributed by atoms with van der Waals surface area (Å²) < 4.78 is 13.1. The third kappa shape index (κ3) is 4.09. The summed E-state index contributed by atoms with van der Waals surface area (Å²) >= 11 is 6.42. The SMILES string of the molecule is CCC=CN(C(=O)OC(C)[N+]1(C)CC2c3ccccc3Oc3ccc(Cl)cc3C2C1)C1(C)CC1. The molecule has 2 heterocycles. The Morgan fingerprint density at radius 3 is 2.59 bits per heavy atom. The molecule has 0 N–H and O–H groups in total. The predicted octanol–water partition coefficient (Wildman–Crippen LogP) is 7.03. The Morgan fingerprint density at radius 1 is 1.21 bits per heavy atom. The van der Waals surface area contributed by atoms with Crippen molar-refractivity contribution < 1.29 is 18.8 Å². The Bertz CT molecular complexity index is 1130. The van der Waals surface area contributed by atoms with Gasteiger partial charge in [0.1, 0.15) is 11.5 Å². The summed E-state index contributed by atoms with van der Waals surface area (Å²) in [6, 6.07) is 14.2. The minimum atomic E-state index is -0.282. The highest BCUT2D eigenvalue weighted by Crippen LogP contribution is 2.52. The molecule has 2 fully saturated rings. The zero-order valence-electron chi connectivity index (χ0n) is 20.5. The van der Waals surface area contributed by atoms with Crippen LogP contribution >= 0.6 is 11.6 Å². The van der Waals surface area contributed by atoms with E-state index in [1.165, 1.54) is 5.56 Å². The van der Waals surface area contributed by atoms with Crippen LogP contribution in [0.2, 0.25) is 5.02 Å². The Balaban J connectivity index is 1.43. The van der Waals surface area contributed by atoms with E-state index in [0.29, 0.717) is 9.51 Å². The number of hydrogen-bond acceptors (Lipinski definition) is 3. The number of benzene rings is 2. The van der Waals surface area contributed by atoms with Gasteiger partial charge in [-0.05, 0) is 50.5 Å². The quantitative estimate of drug-likeness (QED) is 0.430. The van der Waals surface area contributed by atoms with Crippen molar-refractivity contribution in [3.05, 3.63) is 70.9 Å². The lowest BCUT2D eigenvalue weighted by atomic mass is 9.84. The molecule has 5 rings (SSSR count). The van der Waals surface area contributed by atoms with E-state index in [2.05, 4.69) is 33.0 Å². The first-order valence-electron chi connectivity index (χ1n) is 12.3. The lowest BCUT2D eigenvalue weighted by Gasteiger charge is -2.37. The van der Waals surface area contributed by atoms with Gasteiger partial charge in [-0.15, -0.1) is 0 Å². The van der Waals surface area contributed by atoms with Crippen LogP contribution in [0.3, 0.4) is 0 Å². The van der Waals surface area contributed by atoms with Crippen LogP contribution in [0.4, 0.5) is 4.79 Å². The van der Waals surface area contributed by atoms with E-state index in [0.717, 1.165) is 49.4 Å². The van der Waals surface area contributed by atoms with Gasteiger partial charge in [0.2, 0.25) is 6.23 Å². The number of ether oxygens (including phenoxy) is 2. The highest BCUT2D eigenvalue weighted by molar-refractivity contribution is 6.30. The van der Waals surface area contributed by atoms with E-state index in [4.69, 9.17) is 21.1 Å².